The van der Waals surface area contributed by atoms with Crippen molar-refractivity contribution in [1.82, 2.24) is 9.55 Å². The normalized spacial score (nSPS) is 10.5. The summed E-state index contributed by atoms with van der Waals surface area (Å²) in [6, 6.07) is 5.01. The molecule has 0 aliphatic heterocycles. The van der Waals surface area contributed by atoms with Crippen molar-refractivity contribution in [3.8, 4) is 0 Å². The Morgan fingerprint density at radius 2 is 2.24 bits per heavy atom. The molecule has 90 valence electrons. The van der Waals surface area contributed by atoms with Gasteiger partial charge in [0.2, 0.25) is 0 Å². The summed E-state index contributed by atoms with van der Waals surface area (Å²) in [5, 5.41) is 3.24. The molecule has 0 bridgehead atoms. The first-order valence-electron chi connectivity index (χ1n) is 5.70. The van der Waals surface area contributed by atoms with Crippen molar-refractivity contribution in [3.63, 3.8) is 0 Å². The van der Waals surface area contributed by atoms with Crippen molar-refractivity contribution in [2.75, 3.05) is 5.32 Å². The number of rotatable bonds is 4. The minimum absolute atomic E-state index is 0.175. The topological polar surface area (TPSA) is 29.9 Å². The zero-order chi connectivity index (χ0) is 12.3. The fourth-order valence-electron chi connectivity index (χ4n) is 1.73. The van der Waals surface area contributed by atoms with E-state index in [0.29, 0.717) is 12.1 Å². The number of halogens is 1. The predicted octanol–water partition coefficient (Wildman–Crippen LogP) is 2.96. The van der Waals surface area contributed by atoms with Crippen molar-refractivity contribution < 1.29 is 4.39 Å². The van der Waals surface area contributed by atoms with Gasteiger partial charge in [0, 0.05) is 24.6 Å². The molecule has 0 aliphatic rings. The number of hydrogen-bond acceptors (Lipinski definition) is 2. The number of anilines is 1. The molecule has 0 atom stereocenters. The third-order valence-corrected chi connectivity index (χ3v) is 2.75. The summed E-state index contributed by atoms with van der Waals surface area (Å²) in [4.78, 5) is 4.27. The summed E-state index contributed by atoms with van der Waals surface area (Å²) >= 11 is 0. The van der Waals surface area contributed by atoms with E-state index in [1.54, 1.807) is 25.3 Å². The molecule has 1 N–H and O–H groups in total. The standard InChI is InChI=1S/C13H16FN3/c1-3-17-7-6-15-13(17)9-16-11-4-5-12(14)10(2)8-11/h4-8,16H,3,9H2,1-2H3. The van der Waals surface area contributed by atoms with E-state index in [0.717, 1.165) is 18.1 Å². The Balaban J connectivity index is 2.05. The van der Waals surface area contributed by atoms with Gasteiger partial charge in [-0.05, 0) is 37.6 Å². The number of aromatic nitrogens is 2. The van der Waals surface area contributed by atoms with Gasteiger partial charge in [-0.3, -0.25) is 0 Å². The van der Waals surface area contributed by atoms with E-state index < -0.39 is 0 Å². The average molecular weight is 233 g/mol. The van der Waals surface area contributed by atoms with E-state index in [1.807, 2.05) is 6.20 Å². The molecule has 0 amide bonds. The third-order valence-electron chi connectivity index (χ3n) is 2.75. The molecule has 4 heteroatoms. The van der Waals surface area contributed by atoms with Gasteiger partial charge >= 0.3 is 0 Å². The van der Waals surface area contributed by atoms with Crippen LogP contribution in [0.2, 0.25) is 0 Å². The van der Waals surface area contributed by atoms with Gasteiger partial charge in [0.15, 0.2) is 0 Å². The van der Waals surface area contributed by atoms with Crippen LogP contribution in [-0.2, 0) is 13.1 Å². The molecule has 2 aromatic rings. The fraction of sp³-hybridized carbons (Fsp3) is 0.308. The van der Waals surface area contributed by atoms with E-state index in [4.69, 9.17) is 0 Å². The number of aryl methyl sites for hydroxylation is 2. The molecule has 0 radical (unpaired) electrons. The molecule has 1 heterocycles. The van der Waals surface area contributed by atoms with Crippen molar-refractivity contribution in [3.05, 3.63) is 47.8 Å². The summed E-state index contributed by atoms with van der Waals surface area (Å²) in [6.07, 6.45) is 3.74. The molecule has 0 unspecified atom stereocenters. The second-order valence-electron chi connectivity index (χ2n) is 3.95. The number of imidazole rings is 1. The number of nitrogens with zero attached hydrogens (tertiary/aromatic N) is 2. The highest BCUT2D eigenvalue weighted by molar-refractivity contribution is 5.45. The van der Waals surface area contributed by atoms with E-state index in [2.05, 4.69) is 21.8 Å². The smallest absolute Gasteiger partial charge is 0.128 e. The van der Waals surface area contributed by atoms with Crippen molar-refractivity contribution in [2.24, 2.45) is 0 Å². The van der Waals surface area contributed by atoms with Gasteiger partial charge in [-0.25, -0.2) is 9.37 Å². The molecule has 2 rings (SSSR count). The Bertz CT molecular complexity index is 505. The summed E-state index contributed by atoms with van der Waals surface area (Å²) in [5.41, 5.74) is 1.56. The molecule has 1 aromatic carbocycles. The van der Waals surface area contributed by atoms with Crippen molar-refractivity contribution >= 4 is 5.69 Å². The third kappa shape index (κ3) is 2.64. The van der Waals surface area contributed by atoms with Crippen LogP contribution < -0.4 is 5.32 Å². The van der Waals surface area contributed by atoms with Crippen LogP contribution in [0.3, 0.4) is 0 Å². The Morgan fingerprint density at radius 3 is 2.94 bits per heavy atom. The fourth-order valence-corrected chi connectivity index (χ4v) is 1.73. The van der Waals surface area contributed by atoms with Gasteiger partial charge in [-0.15, -0.1) is 0 Å². The van der Waals surface area contributed by atoms with Crippen LogP contribution in [-0.4, -0.2) is 9.55 Å². The van der Waals surface area contributed by atoms with Crippen molar-refractivity contribution in [1.29, 1.82) is 0 Å². The Hall–Kier alpha value is -1.84. The van der Waals surface area contributed by atoms with Crippen LogP contribution >= 0.6 is 0 Å². The van der Waals surface area contributed by atoms with Gasteiger partial charge in [-0.1, -0.05) is 0 Å². The summed E-state index contributed by atoms with van der Waals surface area (Å²) < 4.78 is 15.2. The first kappa shape index (κ1) is 11.6. The number of benzene rings is 1. The average Bonchev–Trinajstić information content (AvgIpc) is 2.78. The first-order chi connectivity index (χ1) is 8.20. The van der Waals surface area contributed by atoms with Gasteiger partial charge in [0.25, 0.3) is 0 Å². The van der Waals surface area contributed by atoms with Crippen LogP contribution in [0.5, 0.6) is 0 Å². The van der Waals surface area contributed by atoms with E-state index in [9.17, 15) is 4.39 Å². The lowest BCUT2D eigenvalue weighted by molar-refractivity contribution is 0.618. The van der Waals surface area contributed by atoms with Crippen LogP contribution in [0.15, 0.2) is 30.6 Å². The second kappa shape index (κ2) is 4.99. The maximum atomic E-state index is 13.1. The zero-order valence-corrected chi connectivity index (χ0v) is 10.1. The lowest BCUT2D eigenvalue weighted by Crippen LogP contribution is -2.07. The molecular weight excluding hydrogens is 217 g/mol. The summed E-state index contributed by atoms with van der Waals surface area (Å²) in [7, 11) is 0. The van der Waals surface area contributed by atoms with Gasteiger partial charge in [-0.2, -0.15) is 0 Å². The van der Waals surface area contributed by atoms with E-state index in [1.165, 1.54) is 6.07 Å². The first-order valence-corrected chi connectivity index (χ1v) is 5.70. The maximum Gasteiger partial charge on any atom is 0.128 e. The minimum atomic E-state index is -0.175. The Labute approximate surface area is 100 Å². The Kier molecular flexibility index (Phi) is 3.42. The molecule has 0 saturated heterocycles. The summed E-state index contributed by atoms with van der Waals surface area (Å²) in [5.74, 6) is 0.806. The number of hydrogen-bond donors (Lipinski definition) is 1. The quantitative estimate of drug-likeness (QED) is 0.879. The van der Waals surface area contributed by atoms with Crippen LogP contribution in [0.25, 0.3) is 0 Å². The largest absolute Gasteiger partial charge is 0.378 e. The predicted molar refractivity (Wildman–Crippen MR) is 66.4 cm³/mol. The van der Waals surface area contributed by atoms with Crippen molar-refractivity contribution in [2.45, 2.75) is 26.9 Å². The Morgan fingerprint density at radius 1 is 1.41 bits per heavy atom. The van der Waals surface area contributed by atoms with Crippen LogP contribution in [0.1, 0.15) is 18.3 Å². The molecule has 0 fully saturated rings. The van der Waals surface area contributed by atoms with E-state index in [-0.39, 0.29) is 5.82 Å². The van der Waals surface area contributed by atoms with Gasteiger partial charge in [0.05, 0.1) is 6.54 Å². The lowest BCUT2D eigenvalue weighted by Gasteiger charge is -2.08. The maximum absolute atomic E-state index is 13.1. The molecule has 3 nitrogen and oxygen atoms in total. The molecular formula is C13H16FN3. The second-order valence-corrected chi connectivity index (χ2v) is 3.95. The molecule has 17 heavy (non-hydrogen) atoms. The van der Waals surface area contributed by atoms with E-state index >= 15 is 0 Å². The monoisotopic (exact) mass is 233 g/mol. The zero-order valence-electron chi connectivity index (χ0n) is 10.1. The molecule has 0 spiro atoms. The number of nitrogens with one attached hydrogen (secondary N) is 1. The minimum Gasteiger partial charge on any atom is -0.378 e. The summed E-state index contributed by atoms with van der Waals surface area (Å²) in [6.45, 7) is 5.38. The van der Waals surface area contributed by atoms with Crippen LogP contribution in [0, 0.1) is 12.7 Å². The highest BCUT2D eigenvalue weighted by atomic mass is 19.1. The molecule has 0 saturated carbocycles. The lowest BCUT2D eigenvalue weighted by atomic mass is 10.2. The van der Waals surface area contributed by atoms with Crippen LogP contribution in [0.4, 0.5) is 10.1 Å². The molecule has 1 aromatic heterocycles. The molecule has 0 aliphatic carbocycles. The highest BCUT2D eigenvalue weighted by Gasteiger charge is 2.02. The van der Waals surface area contributed by atoms with Gasteiger partial charge < -0.3 is 9.88 Å². The SMILES string of the molecule is CCn1ccnc1CNc1ccc(F)c(C)c1. The van der Waals surface area contributed by atoms with Gasteiger partial charge in [0.1, 0.15) is 11.6 Å². The highest BCUT2D eigenvalue weighted by Crippen LogP contribution is 2.14.